The van der Waals surface area contributed by atoms with E-state index in [4.69, 9.17) is 9.47 Å². The molecule has 0 spiro atoms. The molecule has 1 aromatic heterocycles. The molecule has 1 amide bonds. The molecule has 30 heavy (non-hydrogen) atoms. The standard InChI is InChI=1S/C22H32N4O4/c1-2-4-30-20-17(11-23-21(26-20)24-16-3-5-29-12-16)19(27)25-18-14-6-13-7-15(18)10-22(28,8-13)9-14/h11,13-16,18,28H,2-10,12H2,1H3,(H,25,27)(H,23,24,26)/t13?,14?,15?,16-,18-,22+/m0/s1. The smallest absolute Gasteiger partial charge is 0.258 e. The van der Waals surface area contributed by atoms with Gasteiger partial charge in [-0.1, -0.05) is 6.92 Å². The normalized spacial score (nSPS) is 36.7. The number of carbonyl (C=O) groups excluding carboxylic acids is 1. The molecule has 5 aliphatic rings. The van der Waals surface area contributed by atoms with Crippen LogP contribution in [0, 0.1) is 17.8 Å². The molecule has 1 aromatic rings. The molecule has 1 aliphatic heterocycles. The lowest BCUT2D eigenvalue weighted by molar-refractivity contribution is -0.136. The lowest BCUT2D eigenvalue weighted by atomic mass is 9.52. The van der Waals surface area contributed by atoms with Crippen molar-refractivity contribution in [2.45, 2.75) is 69.6 Å². The molecule has 2 heterocycles. The lowest BCUT2D eigenvalue weighted by Crippen LogP contribution is -2.61. The Bertz CT molecular complexity index is 781. The van der Waals surface area contributed by atoms with Crippen molar-refractivity contribution in [3.63, 3.8) is 0 Å². The van der Waals surface area contributed by atoms with Gasteiger partial charge in [0.2, 0.25) is 11.8 Å². The molecule has 8 heteroatoms. The molecule has 0 radical (unpaired) electrons. The van der Waals surface area contributed by atoms with Crippen molar-refractivity contribution in [2.24, 2.45) is 17.8 Å². The summed E-state index contributed by atoms with van der Waals surface area (Å²) < 4.78 is 11.2. The molecule has 5 fully saturated rings. The van der Waals surface area contributed by atoms with Crippen molar-refractivity contribution < 1.29 is 19.4 Å². The number of aromatic nitrogens is 2. The predicted molar refractivity (Wildman–Crippen MR) is 110 cm³/mol. The highest BCUT2D eigenvalue weighted by Crippen LogP contribution is 2.55. The topological polar surface area (TPSA) is 106 Å². The van der Waals surface area contributed by atoms with Crippen molar-refractivity contribution in [1.29, 1.82) is 0 Å². The van der Waals surface area contributed by atoms with Crippen LogP contribution in [-0.4, -0.2) is 58.5 Å². The Kier molecular flexibility index (Phi) is 5.31. The zero-order valence-corrected chi connectivity index (χ0v) is 17.6. The van der Waals surface area contributed by atoms with Crippen LogP contribution in [0.4, 0.5) is 5.95 Å². The summed E-state index contributed by atoms with van der Waals surface area (Å²) >= 11 is 0. The Morgan fingerprint density at radius 2 is 2.13 bits per heavy atom. The van der Waals surface area contributed by atoms with Gasteiger partial charge in [0.25, 0.3) is 5.91 Å². The molecule has 3 atom stereocenters. The number of amides is 1. The molecule has 0 aromatic carbocycles. The number of nitrogens with one attached hydrogen (secondary N) is 2. The van der Waals surface area contributed by atoms with Gasteiger partial charge in [0.15, 0.2) is 0 Å². The van der Waals surface area contributed by atoms with Gasteiger partial charge in [-0.2, -0.15) is 4.98 Å². The van der Waals surface area contributed by atoms with Crippen LogP contribution in [0.5, 0.6) is 5.88 Å². The van der Waals surface area contributed by atoms with E-state index in [0.717, 1.165) is 51.6 Å². The van der Waals surface area contributed by atoms with Crippen LogP contribution in [0.15, 0.2) is 6.20 Å². The number of carbonyl (C=O) groups is 1. The SMILES string of the molecule is CCCOc1nc(N[C@H]2CCOC2)ncc1C(=O)N[C@H]1C2CC3CC1C[C@@](O)(C3)C2. The summed E-state index contributed by atoms with van der Waals surface area (Å²) in [6.45, 7) is 3.88. The van der Waals surface area contributed by atoms with Crippen LogP contribution in [0.25, 0.3) is 0 Å². The summed E-state index contributed by atoms with van der Waals surface area (Å²) in [5, 5.41) is 17.3. The molecule has 3 N–H and O–H groups in total. The second kappa shape index (κ2) is 7.96. The van der Waals surface area contributed by atoms with Gasteiger partial charge in [0.1, 0.15) is 5.56 Å². The fourth-order valence-electron chi connectivity index (χ4n) is 6.18. The second-order valence-corrected chi connectivity index (χ2v) is 9.66. The first-order valence-electron chi connectivity index (χ1n) is 11.4. The number of rotatable bonds is 7. The van der Waals surface area contributed by atoms with E-state index in [9.17, 15) is 9.90 Å². The van der Waals surface area contributed by atoms with E-state index < -0.39 is 5.60 Å². The number of hydrogen-bond acceptors (Lipinski definition) is 7. The third-order valence-electron chi connectivity index (χ3n) is 7.24. The number of hydrogen-bond donors (Lipinski definition) is 3. The monoisotopic (exact) mass is 416 g/mol. The van der Waals surface area contributed by atoms with Crippen molar-refractivity contribution in [1.82, 2.24) is 15.3 Å². The minimum absolute atomic E-state index is 0.113. The summed E-state index contributed by atoms with van der Waals surface area (Å²) in [7, 11) is 0. The summed E-state index contributed by atoms with van der Waals surface area (Å²) in [5.41, 5.74) is -0.128. The molecule has 8 nitrogen and oxygen atoms in total. The molecule has 4 saturated carbocycles. The molecule has 6 rings (SSSR count). The second-order valence-electron chi connectivity index (χ2n) is 9.66. The molecule has 2 unspecified atom stereocenters. The van der Waals surface area contributed by atoms with Gasteiger partial charge in [0, 0.05) is 18.8 Å². The van der Waals surface area contributed by atoms with E-state index in [1.807, 2.05) is 6.92 Å². The molecular weight excluding hydrogens is 384 g/mol. The van der Waals surface area contributed by atoms with Gasteiger partial charge < -0.3 is 25.2 Å². The number of ether oxygens (including phenoxy) is 2. The summed E-state index contributed by atoms with van der Waals surface area (Å²) in [6.07, 6.45) is 8.04. The Labute approximate surface area is 177 Å². The highest BCUT2D eigenvalue weighted by atomic mass is 16.5. The number of nitrogens with zero attached hydrogens (tertiary/aromatic N) is 2. The van der Waals surface area contributed by atoms with Crippen LogP contribution < -0.4 is 15.4 Å². The van der Waals surface area contributed by atoms with Gasteiger partial charge in [-0.25, -0.2) is 4.98 Å². The predicted octanol–water partition coefficient (Wildman–Crippen LogP) is 2.14. The van der Waals surface area contributed by atoms with Crippen molar-refractivity contribution in [3.05, 3.63) is 11.8 Å². The van der Waals surface area contributed by atoms with Crippen molar-refractivity contribution >= 4 is 11.9 Å². The zero-order chi connectivity index (χ0) is 20.7. The average Bonchev–Trinajstić information content (AvgIpc) is 3.21. The summed E-state index contributed by atoms with van der Waals surface area (Å²) in [6, 6.07) is 0.296. The van der Waals surface area contributed by atoms with E-state index in [-0.39, 0.29) is 18.0 Å². The first-order valence-corrected chi connectivity index (χ1v) is 11.4. The maximum atomic E-state index is 13.2. The fraction of sp³-hybridized carbons (Fsp3) is 0.773. The lowest BCUT2D eigenvalue weighted by Gasteiger charge is -2.58. The van der Waals surface area contributed by atoms with Crippen LogP contribution in [0.1, 0.15) is 62.2 Å². The average molecular weight is 417 g/mol. The van der Waals surface area contributed by atoms with Crippen molar-refractivity contribution in [3.8, 4) is 5.88 Å². The zero-order valence-electron chi connectivity index (χ0n) is 17.6. The summed E-state index contributed by atoms with van der Waals surface area (Å²) in [4.78, 5) is 22.0. The van der Waals surface area contributed by atoms with E-state index in [0.29, 0.717) is 48.4 Å². The Hall–Kier alpha value is -1.93. The van der Waals surface area contributed by atoms with Gasteiger partial charge >= 0.3 is 0 Å². The van der Waals surface area contributed by atoms with E-state index >= 15 is 0 Å². The molecule has 164 valence electrons. The largest absolute Gasteiger partial charge is 0.477 e. The van der Waals surface area contributed by atoms with E-state index in [1.54, 1.807) is 6.20 Å². The molecular formula is C22H32N4O4. The number of aliphatic hydroxyl groups is 1. The minimum Gasteiger partial charge on any atom is -0.477 e. The fourth-order valence-corrected chi connectivity index (χ4v) is 6.18. The first-order chi connectivity index (χ1) is 14.5. The Morgan fingerprint density at radius 3 is 2.80 bits per heavy atom. The third-order valence-corrected chi connectivity index (χ3v) is 7.24. The maximum Gasteiger partial charge on any atom is 0.258 e. The highest BCUT2D eigenvalue weighted by molar-refractivity contribution is 5.96. The first kappa shape index (κ1) is 20.0. The van der Waals surface area contributed by atoms with Gasteiger partial charge in [-0.05, 0) is 62.7 Å². The summed E-state index contributed by atoms with van der Waals surface area (Å²) in [5.74, 6) is 1.93. The molecule has 1 saturated heterocycles. The van der Waals surface area contributed by atoms with Crippen LogP contribution >= 0.6 is 0 Å². The van der Waals surface area contributed by atoms with Gasteiger partial charge in [-0.15, -0.1) is 0 Å². The van der Waals surface area contributed by atoms with E-state index in [2.05, 4.69) is 20.6 Å². The quantitative estimate of drug-likeness (QED) is 0.625. The third kappa shape index (κ3) is 3.87. The maximum absolute atomic E-state index is 13.2. The van der Waals surface area contributed by atoms with Gasteiger partial charge in [0.05, 0.1) is 24.9 Å². The minimum atomic E-state index is -0.506. The van der Waals surface area contributed by atoms with Crippen LogP contribution in [0.3, 0.4) is 0 Å². The molecule has 4 aliphatic carbocycles. The van der Waals surface area contributed by atoms with E-state index in [1.165, 1.54) is 0 Å². The highest BCUT2D eigenvalue weighted by Gasteiger charge is 2.55. The van der Waals surface area contributed by atoms with Crippen LogP contribution in [0.2, 0.25) is 0 Å². The van der Waals surface area contributed by atoms with Gasteiger partial charge in [-0.3, -0.25) is 4.79 Å². The Morgan fingerprint density at radius 1 is 1.33 bits per heavy atom. The number of anilines is 1. The Balaban J connectivity index is 1.31. The van der Waals surface area contributed by atoms with Crippen LogP contribution in [-0.2, 0) is 4.74 Å². The molecule has 4 bridgehead atoms. The van der Waals surface area contributed by atoms with Crippen molar-refractivity contribution in [2.75, 3.05) is 25.1 Å².